The molecule has 150 valence electrons. The lowest BCUT2D eigenvalue weighted by Gasteiger charge is -2.25. The van der Waals surface area contributed by atoms with E-state index in [1.54, 1.807) is 6.92 Å². The molecule has 2 fully saturated rings. The lowest BCUT2D eigenvalue weighted by atomic mass is 9.78. The Balaban J connectivity index is 1.95. The average molecular weight is 415 g/mol. The summed E-state index contributed by atoms with van der Waals surface area (Å²) in [6.07, 6.45) is -0.953. The maximum absolute atomic E-state index is 12.4. The molecule has 2 saturated heterocycles. The van der Waals surface area contributed by atoms with Crippen LogP contribution >= 0.6 is 15.2 Å². The summed E-state index contributed by atoms with van der Waals surface area (Å²) in [6.45, 7) is 2.74. The smallest absolute Gasteiger partial charge is 0.362 e. The Bertz CT molecular complexity index is 634. The summed E-state index contributed by atoms with van der Waals surface area (Å²) in [4.78, 5) is 42.3. The Morgan fingerprint density at radius 2 is 1.77 bits per heavy atom. The van der Waals surface area contributed by atoms with Crippen molar-refractivity contribution in [2.45, 2.75) is 32.0 Å². The molecule has 0 aromatic carbocycles. The zero-order chi connectivity index (χ0) is 19.5. The second kappa shape index (κ2) is 8.48. The van der Waals surface area contributed by atoms with Gasteiger partial charge in [0.25, 0.3) is 0 Å². The fourth-order valence-corrected chi connectivity index (χ4v) is 4.30. The molecule has 5 unspecified atom stereocenters. The van der Waals surface area contributed by atoms with Crippen LogP contribution in [0.25, 0.3) is 0 Å². The Hall–Kier alpha value is -0.800. The first-order chi connectivity index (χ1) is 12.0. The van der Waals surface area contributed by atoms with Gasteiger partial charge in [-0.15, -0.1) is 0 Å². The van der Waals surface area contributed by atoms with E-state index in [1.807, 2.05) is 0 Å². The SMILES string of the molecule is CCOP(C)(=O)OCNC(=O)C1C2CCC(O2)C1C(=O)OCP(=O)(O)O. The highest BCUT2D eigenvalue weighted by atomic mass is 31.2. The highest BCUT2D eigenvalue weighted by molar-refractivity contribution is 7.53. The van der Waals surface area contributed by atoms with E-state index in [0.717, 1.165) is 0 Å². The molecule has 5 atom stereocenters. The van der Waals surface area contributed by atoms with Gasteiger partial charge < -0.3 is 29.1 Å². The van der Waals surface area contributed by atoms with Crippen molar-refractivity contribution in [3.63, 3.8) is 0 Å². The second-order valence-corrected chi connectivity index (χ2v) is 9.75. The second-order valence-electron chi connectivity index (χ2n) is 6.10. The number of ether oxygens (including phenoxy) is 2. The molecule has 1 amide bonds. The van der Waals surface area contributed by atoms with E-state index >= 15 is 0 Å². The molecule has 3 N–H and O–H groups in total. The van der Waals surface area contributed by atoms with Crippen LogP contribution < -0.4 is 5.32 Å². The van der Waals surface area contributed by atoms with Crippen molar-refractivity contribution in [1.82, 2.24) is 5.32 Å². The highest BCUT2D eigenvalue weighted by Gasteiger charge is 2.56. The number of hydrogen-bond donors (Lipinski definition) is 3. The molecule has 2 bridgehead atoms. The van der Waals surface area contributed by atoms with Gasteiger partial charge in [-0.3, -0.25) is 23.2 Å². The van der Waals surface area contributed by atoms with E-state index in [4.69, 9.17) is 23.6 Å². The van der Waals surface area contributed by atoms with E-state index in [1.165, 1.54) is 6.66 Å². The number of carbonyl (C=O) groups excluding carboxylic acids is 2. The maximum atomic E-state index is 12.4. The molecule has 11 nitrogen and oxygen atoms in total. The van der Waals surface area contributed by atoms with Gasteiger partial charge >= 0.3 is 21.2 Å². The van der Waals surface area contributed by atoms with Crippen molar-refractivity contribution in [1.29, 1.82) is 0 Å². The quantitative estimate of drug-likeness (QED) is 0.274. The minimum Gasteiger partial charge on any atom is -0.452 e. The van der Waals surface area contributed by atoms with Crippen molar-refractivity contribution in [3.8, 4) is 0 Å². The topological polar surface area (TPSA) is 158 Å². The van der Waals surface area contributed by atoms with E-state index < -0.39 is 57.5 Å². The number of fused-ring (bicyclic) bond motifs is 2. The Morgan fingerprint density at radius 3 is 2.35 bits per heavy atom. The fraction of sp³-hybridized carbons (Fsp3) is 0.846. The van der Waals surface area contributed by atoms with Gasteiger partial charge in [-0.25, -0.2) is 0 Å². The molecule has 2 rings (SSSR count). The largest absolute Gasteiger partial charge is 0.452 e. The van der Waals surface area contributed by atoms with Gasteiger partial charge in [0, 0.05) is 6.66 Å². The van der Waals surface area contributed by atoms with Crippen molar-refractivity contribution < 1.29 is 47.0 Å². The number of carbonyl (C=O) groups is 2. The predicted octanol–water partition coefficient (Wildman–Crippen LogP) is 0.408. The van der Waals surface area contributed by atoms with Crippen LogP contribution in [0.15, 0.2) is 0 Å². The Labute approximate surface area is 150 Å². The number of nitrogens with one attached hydrogen (secondary N) is 1. The maximum Gasteiger partial charge on any atom is 0.362 e. The zero-order valence-electron chi connectivity index (χ0n) is 14.4. The van der Waals surface area contributed by atoms with Crippen molar-refractivity contribution >= 4 is 27.1 Å². The lowest BCUT2D eigenvalue weighted by molar-refractivity contribution is -0.152. The number of esters is 1. The molecule has 0 aromatic heterocycles. The molecule has 0 radical (unpaired) electrons. The van der Waals surface area contributed by atoms with Crippen molar-refractivity contribution in [2.24, 2.45) is 11.8 Å². The monoisotopic (exact) mass is 415 g/mol. The van der Waals surface area contributed by atoms with Crippen molar-refractivity contribution in [3.05, 3.63) is 0 Å². The number of amides is 1. The molecule has 0 spiro atoms. The summed E-state index contributed by atoms with van der Waals surface area (Å²) in [5.74, 6) is -3.27. The summed E-state index contributed by atoms with van der Waals surface area (Å²) in [5.41, 5.74) is 0. The van der Waals surface area contributed by atoms with Crippen LogP contribution in [0.3, 0.4) is 0 Å². The number of hydrogen-bond acceptors (Lipinski definition) is 8. The van der Waals surface area contributed by atoms with Crippen LogP contribution in [-0.2, 0) is 37.2 Å². The molecule has 0 aromatic rings. The van der Waals surface area contributed by atoms with Gasteiger partial charge in [-0.1, -0.05) is 0 Å². The van der Waals surface area contributed by atoms with Gasteiger partial charge in [0.1, 0.15) is 6.73 Å². The molecular formula is C13H23NO10P2. The van der Waals surface area contributed by atoms with E-state index in [2.05, 4.69) is 10.1 Å². The molecule has 0 saturated carbocycles. The normalized spacial score (nSPS) is 30.0. The van der Waals surface area contributed by atoms with Crippen LogP contribution in [0.1, 0.15) is 19.8 Å². The third-order valence-corrected chi connectivity index (χ3v) is 5.92. The van der Waals surface area contributed by atoms with Gasteiger partial charge in [-0.05, 0) is 19.8 Å². The van der Waals surface area contributed by atoms with E-state index in [-0.39, 0.29) is 13.3 Å². The first kappa shape index (κ1) is 21.5. The Kier molecular flexibility index (Phi) is 7.01. The number of rotatable bonds is 9. The lowest BCUT2D eigenvalue weighted by Crippen LogP contribution is -2.44. The minimum absolute atomic E-state index is 0.190. The van der Waals surface area contributed by atoms with Crippen LogP contribution in [0.4, 0.5) is 0 Å². The molecule has 2 aliphatic heterocycles. The zero-order valence-corrected chi connectivity index (χ0v) is 16.2. The summed E-state index contributed by atoms with van der Waals surface area (Å²) in [6, 6.07) is 0. The van der Waals surface area contributed by atoms with Crippen LogP contribution in [0.5, 0.6) is 0 Å². The van der Waals surface area contributed by atoms with Gasteiger partial charge in [0.2, 0.25) is 5.91 Å². The summed E-state index contributed by atoms with van der Waals surface area (Å²) in [7, 11) is -7.79. The first-order valence-electron chi connectivity index (χ1n) is 8.05. The average Bonchev–Trinajstić information content (AvgIpc) is 3.12. The third kappa shape index (κ3) is 5.60. The molecule has 2 aliphatic rings. The third-order valence-electron chi connectivity index (χ3n) is 4.13. The summed E-state index contributed by atoms with van der Waals surface area (Å²) >= 11 is 0. The van der Waals surface area contributed by atoms with Crippen LogP contribution in [0, 0.1) is 11.8 Å². The predicted molar refractivity (Wildman–Crippen MR) is 87.1 cm³/mol. The first-order valence-corrected chi connectivity index (χ1v) is 11.8. The molecule has 0 aliphatic carbocycles. The molecular weight excluding hydrogens is 392 g/mol. The molecule has 26 heavy (non-hydrogen) atoms. The minimum atomic E-state index is -4.51. The van der Waals surface area contributed by atoms with Crippen LogP contribution in [0.2, 0.25) is 0 Å². The summed E-state index contributed by atoms with van der Waals surface area (Å²) in [5, 5.41) is 2.43. The highest BCUT2D eigenvalue weighted by Crippen LogP contribution is 2.45. The summed E-state index contributed by atoms with van der Waals surface area (Å²) < 4.78 is 42.9. The molecule has 13 heteroatoms. The fourth-order valence-electron chi connectivity index (χ4n) is 3.16. The van der Waals surface area contributed by atoms with Gasteiger partial charge in [-0.2, -0.15) is 0 Å². The van der Waals surface area contributed by atoms with Crippen molar-refractivity contribution in [2.75, 3.05) is 26.4 Å². The van der Waals surface area contributed by atoms with Crippen LogP contribution in [-0.4, -0.2) is 60.2 Å². The molecule has 2 heterocycles. The van der Waals surface area contributed by atoms with E-state index in [9.17, 15) is 18.7 Å². The van der Waals surface area contributed by atoms with Gasteiger partial charge in [0.15, 0.2) is 6.35 Å². The standard InChI is InChI=1S/C13H23NO10P2/c1-3-22-25(2,17)23-6-14-12(15)10-8-4-5-9(24-8)11(10)13(16)21-7-26(18,19)20/h8-11H,3-7H2,1-2H3,(H,14,15)(H2,18,19,20). The Morgan fingerprint density at radius 1 is 1.15 bits per heavy atom. The van der Waals surface area contributed by atoms with E-state index in [0.29, 0.717) is 12.8 Å². The van der Waals surface area contributed by atoms with Gasteiger partial charge in [0.05, 0.1) is 30.7 Å².